The number of amides is 1. The number of likely N-dealkylation sites (tertiary alicyclic amines) is 1. The molecule has 1 heterocycles. The van der Waals surface area contributed by atoms with Crippen LogP contribution in [0.15, 0.2) is 42.5 Å². The second-order valence-electron chi connectivity index (χ2n) is 10.1. The number of nitrogens with zero attached hydrogens (tertiary/aromatic N) is 1. The highest BCUT2D eigenvalue weighted by atomic mass is 35.5. The monoisotopic (exact) mass is 455 g/mol. The van der Waals surface area contributed by atoms with Gasteiger partial charge in [-0.3, -0.25) is 4.79 Å². The highest BCUT2D eigenvalue weighted by Gasteiger charge is 2.38. The second-order valence-corrected chi connectivity index (χ2v) is 10.5. The fraction of sp³-hybridized carbons (Fsp3) is 0.519. The minimum atomic E-state index is 0.0271. The summed E-state index contributed by atoms with van der Waals surface area (Å²) in [6, 6.07) is 13.9. The van der Waals surface area contributed by atoms with Crippen LogP contribution >= 0.6 is 11.6 Å². The number of halogens is 1. The second kappa shape index (κ2) is 9.84. The first-order chi connectivity index (χ1) is 15.3. The van der Waals surface area contributed by atoms with Crippen LogP contribution in [0.3, 0.4) is 0 Å². The Labute approximate surface area is 196 Å². The van der Waals surface area contributed by atoms with Gasteiger partial charge in [0.05, 0.1) is 6.61 Å². The van der Waals surface area contributed by atoms with E-state index in [0.717, 1.165) is 42.5 Å². The first-order valence-corrected chi connectivity index (χ1v) is 12.1. The largest absolute Gasteiger partial charge is 0.489 e. The zero-order chi connectivity index (χ0) is 22.7. The van der Waals surface area contributed by atoms with Gasteiger partial charge < -0.3 is 14.7 Å². The summed E-state index contributed by atoms with van der Waals surface area (Å²) >= 11 is 6.56. The lowest BCUT2D eigenvalue weighted by Gasteiger charge is -2.38. The molecule has 5 heteroatoms. The first kappa shape index (κ1) is 23.1. The van der Waals surface area contributed by atoms with Crippen molar-refractivity contribution in [1.82, 2.24) is 4.90 Å². The van der Waals surface area contributed by atoms with Crippen molar-refractivity contribution in [3.05, 3.63) is 64.2 Å². The molecule has 1 aliphatic carbocycles. The predicted octanol–water partition coefficient (Wildman–Crippen LogP) is 5.77. The van der Waals surface area contributed by atoms with E-state index in [1.54, 1.807) is 0 Å². The molecular formula is C27H34ClNO3. The molecule has 0 aromatic heterocycles. The predicted molar refractivity (Wildman–Crippen MR) is 128 cm³/mol. The van der Waals surface area contributed by atoms with Gasteiger partial charge in [-0.15, -0.1) is 0 Å². The summed E-state index contributed by atoms with van der Waals surface area (Å²) in [5.74, 6) is 1.05. The third-order valence-electron chi connectivity index (χ3n) is 7.20. The van der Waals surface area contributed by atoms with E-state index < -0.39 is 0 Å². The Kier molecular flexibility index (Phi) is 7.11. The number of benzene rings is 2. The van der Waals surface area contributed by atoms with Gasteiger partial charge in [-0.1, -0.05) is 55.8 Å². The molecule has 4 rings (SSSR count). The molecule has 0 spiro atoms. The molecule has 2 aromatic rings. The van der Waals surface area contributed by atoms with E-state index in [4.69, 9.17) is 21.4 Å². The number of carbonyl (C=O) groups excluding carboxylic acids is 1. The van der Waals surface area contributed by atoms with Crippen LogP contribution in [-0.4, -0.2) is 28.5 Å². The molecule has 4 nitrogen and oxygen atoms in total. The van der Waals surface area contributed by atoms with E-state index >= 15 is 0 Å². The summed E-state index contributed by atoms with van der Waals surface area (Å²) in [6.07, 6.45) is 6.25. The van der Waals surface area contributed by atoms with Crippen LogP contribution in [0.5, 0.6) is 5.75 Å². The lowest BCUT2D eigenvalue weighted by atomic mass is 9.75. The number of aliphatic hydroxyl groups excluding tert-OH is 1. The van der Waals surface area contributed by atoms with Gasteiger partial charge in [-0.2, -0.15) is 0 Å². The van der Waals surface area contributed by atoms with Crippen molar-refractivity contribution in [2.45, 2.75) is 71.6 Å². The summed E-state index contributed by atoms with van der Waals surface area (Å²) in [7, 11) is 0. The third kappa shape index (κ3) is 5.47. The smallest absolute Gasteiger partial charge is 0.226 e. The van der Waals surface area contributed by atoms with Gasteiger partial charge in [0.15, 0.2) is 0 Å². The number of hydrogen-bond acceptors (Lipinski definition) is 3. The van der Waals surface area contributed by atoms with Crippen LogP contribution in [-0.2, 0) is 24.4 Å². The van der Waals surface area contributed by atoms with Gasteiger partial charge >= 0.3 is 0 Å². The molecular weight excluding hydrogens is 422 g/mol. The third-order valence-corrected chi connectivity index (χ3v) is 7.55. The SMILES string of the molecule is CC1(C)CCC(N2CCC(Cc3ccc(OCc4ccc(CO)cc4)cc3Cl)C2=O)CC1. The Hall–Kier alpha value is -2.04. The van der Waals surface area contributed by atoms with Crippen molar-refractivity contribution >= 4 is 17.5 Å². The van der Waals surface area contributed by atoms with E-state index in [-0.39, 0.29) is 12.5 Å². The van der Waals surface area contributed by atoms with Gasteiger partial charge in [-0.25, -0.2) is 0 Å². The van der Waals surface area contributed by atoms with Crippen LogP contribution in [0.1, 0.15) is 62.6 Å². The quantitative estimate of drug-likeness (QED) is 0.576. The highest BCUT2D eigenvalue weighted by molar-refractivity contribution is 6.31. The van der Waals surface area contributed by atoms with Gasteiger partial charge in [0.1, 0.15) is 12.4 Å². The Morgan fingerprint density at radius 1 is 1.06 bits per heavy atom. The van der Waals surface area contributed by atoms with E-state index in [9.17, 15) is 4.79 Å². The molecule has 32 heavy (non-hydrogen) atoms. The summed E-state index contributed by atoms with van der Waals surface area (Å²) in [5.41, 5.74) is 3.34. The van der Waals surface area contributed by atoms with Crippen molar-refractivity contribution in [3.8, 4) is 5.75 Å². The summed E-state index contributed by atoms with van der Waals surface area (Å²) in [6.45, 7) is 6.02. The van der Waals surface area contributed by atoms with Crippen molar-refractivity contribution in [2.24, 2.45) is 11.3 Å². The van der Waals surface area contributed by atoms with E-state index in [1.807, 2.05) is 42.5 Å². The summed E-state index contributed by atoms with van der Waals surface area (Å²) in [4.78, 5) is 15.2. The highest BCUT2D eigenvalue weighted by Crippen LogP contribution is 2.39. The Bertz CT molecular complexity index is 930. The number of rotatable bonds is 7. The van der Waals surface area contributed by atoms with Crippen LogP contribution in [0, 0.1) is 11.3 Å². The molecule has 1 saturated heterocycles. The standard InChI is InChI=1S/C27H34ClNO3/c1-27(2)12-9-23(10-13-27)29-14-11-22(26(29)31)15-21-7-8-24(16-25(21)28)32-18-20-5-3-19(17-30)4-6-20/h3-8,16,22-23,30H,9-15,17-18H2,1-2H3. The minimum Gasteiger partial charge on any atom is -0.489 e. The van der Waals surface area contributed by atoms with Crippen molar-refractivity contribution in [3.63, 3.8) is 0 Å². The number of hydrogen-bond donors (Lipinski definition) is 1. The van der Waals surface area contributed by atoms with Crippen LogP contribution < -0.4 is 4.74 Å². The minimum absolute atomic E-state index is 0.0271. The maximum absolute atomic E-state index is 13.1. The van der Waals surface area contributed by atoms with Gasteiger partial charge in [0, 0.05) is 23.5 Å². The number of ether oxygens (including phenoxy) is 1. The normalized spacial score (nSPS) is 21.2. The lowest BCUT2D eigenvalue weighted by molar-refractivity contribution is -0.133. The van der Waals surface area contributed by atoms with E-state index in [2.05, 4.69) is 18.7 Å². The lowest BCUT2D eigenvalue weighted by Crippen LogP contribution is -2.41. The summed E-state index contributed by atoms with van der Waals surface area (Å²) < 4.78 is 5.88. The van der Waals surface area contributed by atoms with Gasteiger partial charge in [0.25, 0.3) is 0 Å². The zero-order valence-electron chi connectivity index (χ0n) is 19.1. The number of aliphatic hydroxyl groups is 1. The fourth-order valence-corrected chi connectivity index (χ4v) is 5.21. The van der Waals surface area contributed by atoms with Crippen LogP contribution in [0.2, 0.25) is 5.02 Å². The molecule has 0 bridgehead atoms. The Morgan fingerprint density at radius 3 is 2.41 bits per heavy atom. The molecule has 172 valence electrons. The molecule has 2 fully saturated rings. The van der Waals surface area contributed by atoms with Crippen molar-refractivity contribution in [1.29, 1.82) is 0 Å². The maximum Gasteiger partial charge on any atom is 0.226 e. The molecule has 1 atom stereocenters. The zero-order valence-corrected chi connectivity index (χ0v) is 19.9. The van der Waals surface area contributed by atoms with E-state index in [1.165, 1.54) is 12.8 Å². The average Bonchev–Trinajstić information content (AvgIpc) is 3.14. The van der Waals surface area contributed by atoms with Gasteiger partial charge in [0.2, 0.25) is 5.91 Å². The molecule has 0 radical (unpaired) electrons. The topological polar surface area (TPSA) is 49.8 Å². The summed E-state index contributed by atoms with van der Waals surface area (Å²) in [5, 5.41) is 9.80. The van der Waals surface area contributed by atoms with Crippen molar-refractivity contribution in [2.75, 3.05) is 6.54 Å². The van der Waals surface area contributed by atoms with Crippen LogP contribution in [0.4, 0.5) is 0 Å². The molecule has 1 unspecified atom stereocenters. The first-order valence-electron chi connectivity index (χ1n) is 11.7. The van der Waals surface area contributed by atoms with Gasteiger partial charge in [-0.05, 0) is 72.8 Å². The molecule has 2 aromatic carbocycles. The molecule has 1 saturated carbocycles. The Balaban J connectivity index is 1.32. The Morgan fingerprint density at radius 2 is 1.75 bits per heavy atom. The molecule has 1 aliphatic heterocycles. The average molecular weight is 456 g/mol. The van der Waals surface area contributed by atoms with Crippen LogP contribution in [0.25, 0.3) is 0 Å². The number of carbonyl (C=O) groups is 1. The maximum atomic E-state index is 13.1. The molecule has 1 amide bonds. The molecule has 1 N–H and O–H groups in total. The fourth-order valence-electron chi connectivity index (χ4n) is 4.97. The van der Waals surface area contributed by atoms with E-state index in [0.29, 0.717) is 41.2 Å². The molecule has 2 aliphatic rings. The van der Waals surface area contributed by atoms with Crippen molar-refractivity contribution < 1.29 is 14.6 Å².